The van der Waals surface area contributed by atoms with E-state index in [1.165, 1.54) is 70.7 Å². The predicted octanol–water partition coefficient (Wildman–Crippen LogP) is 15.5. The molecule has 3 heteroatoms. The molecule has 0 aliphatic heterocycles. The van der Waals surface area contributed by atoms with E-state index in [0.29, 0.717) is 0 Å². The number of rotatable bonds is 5. The fourth-order valence-electron chi connectivity index (χ4n) is 13.5. The Morgan fingerprint density at radius 1 is 0.443 bits per heavy atom. The minimum Gasteiger partial charge on any atom is -0.455 e. The molecule has 2 heterocycles. The van der Waals surface area contributed by atoms with Crippen LogP contribution in [0, 0.1) is 23.7 Å². The maximum atomic E-state index is 6.51. The third-order valence-electron chi connectivity index (χ3n) is 15.6. The highest BCUT2D eigenvalue weighted by molar-refractivity contribution is 6.11. The fourth-order valence-corrected chi connectivity index (χ4v) is 13.5. The molecule has 0 radical (unpaired) electrons. The average molecular weight is 785 g/mol. The second-order valence-electron chi connectivity index (χ2n) is 18.5. The SMILES string of the molecule is c1ccc(-n2c3ccccc3c3ccc(N(c4ccc(-c5cccc6c5oc5ccccc56)cc4)c4ccc5c(c4)-c4ccccc4C54C5CC6CC(C5)CC4C6)cc32)cc1. The molecule has 4 bridgehead atoms. The zero-order valence-corrected chi connectivity index (χ0v) is 34.0. The molecule has 0 N–H and O–H groups in total. The topological polar surface area (TPSA) is 21.3 Å². The van der Waals surface area contributed by atoms with Gasteiger partial charge < -0.3 is 13.9 Å². The first-order valence-electron chi connectivity index (χ1n) is 22.3. The smallest absolute Gasteiger partial charge is 0.143 e. The highest BCUT2D eigenvalue weighted by atomic mass is 16.3. The quantitative estimate of drug-likeness (QED) is 0.173. The number of furan rings is 1. The highest BCUT2D eigenvalue weighted by Crippen LogP contribution is 2.69. The van der Waals surface area contributed by atoms with Crippen molar-refractivity contribution in [2.45, 2.75) is 37.5 Å². The summed E-state index contributed by atoms with van der Waals surface area (Å²) in [6.45, 7) is 0. The molecule has 1 spiro atoms. The third kappa shape index (κ3) is 4.69. The van der Waals surface area contributed by atoms with Gasteiger partial charge in [-0.15, -0.1) is 0 Å². The van der Waals surface area contributed by atoms with Crippen molar-refractivity contribution in [3.8, 4) is 27.9 Å². The summed E-state index contributed by atoms with van der Waals surface area (Å²) in [6, 6.07) is 67.7. The Morgan fingerprint density at radius 2 is 1.07 bits per heavy atom. The number of fused-ring (bicyclic) bond motifs is 9. The predicted molar refractivity (Wildman–Crippen MR) is 251 cm³/mol. The summed E-state index contributed by atoms with van der Waals surface area (Å²) in [5, 5.41) is 4.82. The Hall–Kier alpha value is -6.84. The van der Waals surface area contributed by atoms with E-state index in [9.17, 15) is 0 Å². The van der Waals surface area contributed by atoms with E-state index in [1.54, 1.807) is 11.1 Å². The van der Waals surface area contributed by atoms with Gasteiger partial charge in [-0.1, -0.05) is 121 Å². The number of nitrogens with zero attached hydrogens (tertiary/aromatic N) is 2. The minimum atomic E-state index is 0.136. The van der Waals surface area contributed by atoms with Crippen molar-refractivity contribution in [2.75, 3.05) is 4.90 Å². The summed E-state index contributed by atoms with van der Waals surface area (Å²) in [6.07, 6.45) is 7.01. The lowest BCUT2D eigenvalue weighted by atomic mass is 9.43. The van der Waals surface area contributed by atoms with Crippen molar-refractivity contribution in [3.05, 3.63) is 193 Å². The maximum absolute atomic E-state index is 6.51. The molecule has 0 atom stereocenters. The molecule has 15 rings (SSSR count). The number of hydrogen-bond acceptors (Lipinski definition) is 2. The number of para-hydroxylation sites is 4. The van der Waals surface area contributed by atoms with E-state index >= 15 is 0 Å². The van der Waals surface area contributed by atoms with Gasteiger partial charge in [0.25, 0.3) is 0 Å². The summed E-state index contributed by atoms with van der Waals surface area (Å²) < 4.78 is 8.94. The molecule has 10 aromatic rings. The van der Waals surface area contributed by atoms with Crippen LogP contribution in [-0.4, -0.2) is 4.57 Å². The number of anilines is 3. The maximum Gasteiger partial charge on any atom is 0.143 e. The van der Waals surface area contributed by atoms with Crippen molar-refractivity contribution >= 4 is 60.8 Å². The Bertz CT molecular complexity index is 3360. The second kappa shape index (κ2) is 12.6. The van der Waals surface area contributed by atoms with E-state index in [2.05, 4.69) is 185 Å². The van der Waals surface area contributed by atoms with E-state index in [-0.39, 0.29) is 5.41 Å². The summed E-state index contributed by atoms with van der Waals surface area (Å²) in [4.78, 5) is 2.49. The second-order valence-corrected chi connectivity index (χ2v) is 18.5. The van der Waals surface area contributed by atoms with Crippen LogP contribution in [0.2, 0.25) is 0 Å². The standard InChI is InChI=1S/C58H44N2O/c1-2-11-41(12-3-1)60-54-19-8-5-14-47(54)48-27-25-44(35-55(48)60)59(42-23-21-38(22-24-42)45-16-10-17-50-49-15-6-9-20-56(49)61-57(45)50)43-26-28-53-51(34-43)46-13-4-7-18-52(46)58(53)39-30-36-29-37(32-39)33-40(58)31-36/h1-28,34-37,39-40H,29-33H2. The molecular formula is C58H44N2O. The van der Waals surface area contributed by atoms with Crippen LogP contribution in [0.1, 0.15) is 43.2 Å². The van der Waals surface area contributed by atoms with Crippen LogP contribution in [0.25, 0.3) is 71.7 Å². The number of benzene rings is 8. The zero-order valence-electron chi connectivity index (χ0n) is 34.0. The molecule has 0 saturated heterocycles. The van der Waals surface area contributed by atoms with Crippen LogP contribution in [-0.2, 0) is 5.41 Å². The summed E-state index contributed by atoms with van der Waals surface area (Å²) in [5.74, 6) is 3.31. The van der Waals surface area contributed by atoms with Gasteiger partial charge in [-0.3, -0.25) is 0 Å². The van der Waals surface area contributed by atoms with E-state index < -0.39 is 0 Å². The molecule has 4 fully saturated rings. The third-order valence-corrected chi connectivity index (χ3v) is 15.6. The molecule has 61 heavy (non-hydrogen) atoms. The summed E-state index contributed by atoms with van der Waals surface area (Å²) >= 11 is 0. The first kappa shape index (κ1) is 33.9. The van der Waals surface area contributed by atoms with E-state index in [4.69, 9.17) is 4.42 Å². The molecule has 0 unspecified atom stereocenters. The highest BCUT2D eigenvalue weighted by Gasteiger charge is 2.61. The van der Waals surface area contributed by atoms with Crippen molar-refractivity contribution < 1.29 is 4.42 Å². The van der Waals surface area contributed by atoms with Gasteiger partial charge in [0, 0.05) is 55.3 Å². The molecule has 4 saturated carbocycles. The molecule has 0 amide bonds. The van der Waals surface area contributed by atoms with Gasteiger partial charge in [-0.05, 0) is 144 Å². The molecule has 5 aliphatic carbocycles. The van der Waals surface area contributed by atoms with Gasteiger partial charge in [-0.2, -0.15) is 0 Å². The fraction of sp³-hybridized carbons (Fsp3) is 0.172. The Morgan fingerprint density at radius 3 is 1.90 bits per heavy atom. The largest absolute Gasteiger partial charge is 0.455 e. The molecule has 292 valence electrons. The van der Waals surface area contributed by atoms with Gasteiger partial charge in [0.1, 0.15) is 11.2 Å². The van der Waals surface area contributed by atoms with E-state index in [0.717, 1.165) is 73.8 Å². The minimum absolute atomic E-state index is 0.136. The van der Waals surface area contributed by atoms with Crippen LogP contribution in [0.15, 0.2) is 186 Å². The average Bonchev–Trinajstić information content (AvgIpc) is 3.95. The van der Waals surface area contributed by atoms with Gasteiger partial charge in [-0.25, -0.2) is 0 Å². The first-order valence-corrected chi connectivity index (χ1v) is 22.3. The van der Waals surface area contributed by atoms with Crippen LogP contribution >= 0.6 is 0 Å². The van der Waals surface area contributed by atoms with Crippen molar-refractivity contribution in [2.24, 2.45) is 23.7 Å². The van der Waals surface area contributed by atoms with Crippen LogP contribution in [0.5, 0.6) is 0 Å². The number of hydrogen-bond donors (Lipinski definition) is 0. The zero-order chi connectivity index (χ0) is 39.8. The van der Waals surface area contributed by atoms with Crippen molar-refractivity contribution in [1.29, 1.82) is 0 Å². The summed E-state index contributed by atoms with van der Waals surface area (Å²) in [5.41, 5.74) is 17.3. The lowest BCUT2D eigenvalue weighted by Gasteiger charge is -2.61. The normalized spacial score (nSPS) is 22.2. The van der Waals surface area contributed by atoms with Crippen LogP contribution in [0.3, 0.4) is 0 Å². The number of aromatic nitrogens is 1. The van der Waals surface area contributed by atoms with E-state index in [1.807, 2.05) is 6.07 Å². The van der Waals surface area contributed by atoms with Crippen LogP contribution in [0.4, 0.5) is 17.1 Å². The Balaban J connectivity index is 0.968. The Kier molecular flexibility index (Phi) is 7.01. The molecular weight excluding hydrogens is 741 g/mol. The van der Waals surface area contributed by atoms with Gasteiger partial charge >= 0.3 is 0 Å². The van der Waals surface area contributed by atoms with Gasteiger partial charge in [0.15, 0.2) is 0 Å². The first-order chi connectivity index (χ1) is 30.2. The van der Waals surface area contributed by atoms with Crippen molar-refractivity contribution in [3.63, 3.8) is 0 Å². The Labute approximate surface area is 355 Å². The lowest BCUT2D eigenvalue weighted by Crippen LogP contribution is -2.55. The molecule has 2 aromatic heterocycles. The van der Waals surface area contributed by atoms with Gasteiger partial charge in [0.2, 0.25) is 0 Å². The lowest BCUT2D eigenvalue weighted by molar-refractivity contribution is -0.0399. The molecule has 8 aromatic carbocycles. The van der Waals surface area contributed by atoms with Crippen molar-refractivity contribution in [1.82, 2.24) is 4.57 Å². The molecule has 5 aliphatic rings. The van der Waals surface area contributed by atoms with Gasteiger partial charge in [0.05, 0.1) is 11.0 Å². The monoisotopic (exact) mass is 784 g/mol. The molecule has 3 nitrogen and oxygen atoms in total. The summed E-state index contributed by atoms with van der Waals surface area (Å²) in [7, 11) is 0. The van der Waals surface area contributed by atoms with Crippen LogP contribution < -0.4 is 4.90 Å².